The van der Waals surface area contributed by atoms with Gasteiger partial charge in [0.2, 0.25) is 0 Å². The second-order valence-corrected chi connectivity index (χ2v) is 8.66. The van der Waals surface area contributed by atoms with Crippen LogP contribution < -0.4 is 0 Å². The van der Waals surface area contributed by atoms with Crippen molar-refractivity contribution in [2.45, 2.75) is 45.1 Å². The molecule has 4 nitrogen and oxygen atoms in total. The largest absolute Gasteiger partial charge is 0.283 e. The first-order valence-electron chi connectivity index (χ1n) is 9.72. The van der Waals surface area contributed by atoms with Gasteiger partial charge >= 0.3 is 0 Å². The van der Waals surface area contributed by atoms with E-state index in [-0.39, 0.29) is 22.5 Å². The summed E-state index contributed by atoms with van der Waals surface area (Å²) in [6, 6.07) is 10.2. The van der Waals surface area contributed by atoms with Gasteiger partial charge in [0.15, 0.2) is 11.0 Å². The van der Waals surface area contributed by atoms with Crippen molar-refractivity contribution in [1.82, 2.24) is 9.88 Å². The first-order chi connectivity index (χ1) is 14.0. The molecule has 1 amide bonds. The minimum Gasteiger partial charge on any atom is -0.283 e. The molecule has 2 aromatic rings. The van der Waals surface area contributed by atoms with Gasteiger partial charge in [-0.2, -0.15) is 0 Å². The van der Waals surface area contributed by atoms with Crippen LogP contribution in [0.15, 0.2) is 46.3 Å². The van der Waals surface area contributed by atoms with E-state index in [4.69, 9.17) is 11.6 Å². The first kappa shape index (κ1) is 20.1. The van der Waals surface area contributed by atoms with Crippen LogP contribution in [0.2, 0.25) is 5.02 Å². The fourth-order valence-corrected chi connectivity index (χ4v) is 4.94. The number of aliphatic imine (C=N–C) groups is 1. The number of hydrogen-bond acceptors (Lipinski definition) is 4. The van der Waals surface area contributed by atoms with Gasteiger partial charge in [0.1, 0.15) is 5.82 Å². The predicted molar refractivity (Wildman–Crippen MR) is 117 cm³/mol. The number of amidine groups is 1. The molecule has 1 aromatic carbocycles. The monoisotopic (exact) mass is 429 g/mol. The number of halogens is 2. The van der Waals surface area contributed by atoms with Gasteiger partial charge < -0.3 is 0 Å². The molecule has 1 aromatic heterocycles. The molecule has 0 N–H and O–H groups in total. The van der Waals surface area contributed by atoms with Crippen LogP contribution in [-0.2, 0) is 4.79 Å². The molecule has 2 heterocycles. The van der Waals surface area contributed by atoms with Crippen LogP contribution >= 0.6 is 23.4 Å². The molecule has 0 atom stereocenters. The quantitative estimate of drug-likeness (QED) is 0.552. The van der Waals surface area contributed by atoms with Gasteiger partial charge in [0, 0.05) is 17.3 Å². The van der Waals surface area contributed by atoms with Crippen molar-refractivity contribution in [2.24, 2.45) is 4.99 Å². The highest BCUT2D eigenvalue weighted by Gasteiger charge is 2.39. The summed E-state index contributed by atoms with van der Waals surface area (Å²) in [6.07, 6.45) is 6.79. The fourth-order valence-electron chi connectivity index (χ4n) is 3.69. The molecule has 1 saturated heterocycles. The van der Waals surface area contributed by atoms with Crippen molar-refractivity contribution in [1.29, 1.82) is 0 Å². The predicted octanol–water partition coefficient (Wildman–Crippen LogP) is 6.12. The molecule has 1 saturated carbocycles. The number of rotatable bonds is 3. The highest BCUT2D eigenvalue weighted by atomic mass is 35.5. The van der Waals surface area contributed by atoms with Gasteiger partial charge in [-0.05, 0) is 61.9 Å². The summed E-state index contributed by atoms with van der Waals surface area (Å²) < 4.78 is 14.3. The number of benzene rings is 1. The summed E-state index contributed by atoms with van der Waals surface area (Å²) >= 11 is 7.42. The normalized spacial score (nSPS) is 20.8. The summed E-state index contributed by atoms with van der Waals surface area (Å²) in [7, 11) is 0. The van der Waals surface area contributed by atoms with Crippen molar-refractivity contribution >= 4 is 46.3 Å². The number of amides is 1. The molecule has 2 aliphatic rings. The first-order valence-corrected chi connectivity index (χ1v) is 10.9. The second-order valence-electron chi connectivity index (χ2n) is 7.24. The molecule has 7 heteroatoms. The Kier molecular flexibility index (Phi) is 6.01. The third kappa shape index (κ3) is 4.38. The summed E-state index contributed by atoms with van der Waals surface area (Å²) in [5.41, 5.74) is 1.09. The zero-order chi connectivity index (χ0) is 20.4. The van der Waals surface area contributed by atoms with E-state index in [0.29, 0.717) is 15.9 Å². The lowest BCUT2D eigenvalue weighted by Crippen LogP contribution is -2.40. The molecule has 0 spiro atoms. The number of aromatic nitrogens is 1. The Hall–Kier alpha value is -2.18. The lowest BCUT2D eigenvalue weighted by molar-refractivity contribution is -0.124. The second kappa shape index (κ2) is 8.67. The average molecular weight is 430 g/mol. The fraction of sp³-hybridized carbons (Fsp3) is 0.318. The molecule has 2 fully saturated rings. The number of carbonyl (C=O) groups excluding carboxylic acids is 1. The molecule has 29 heavy (non-hydrogen) atoms. The van der Waals surface area contributed by atoms with Crippen LogP contribution in [0.25, 0.3) is 6.08 Å². The molecule has 4 rings (SSSR count). The number of hydrogen-bond donors (Lipinski definition) is 0. The maximum atomic E-state index is 14.3. The van der Waals surface area contributed by atoms with Crippen molar-refractivity contribution in [3.8, 4) is 0 Å². The summed E-state index contributed by atoms with van der Waals surface area (Å²) in [5, 5.41) is 0.875. The van der Waals surface area contributed by atoms with Gasteiger partial charge in [0.25, 0.3) is 5.91 Å². The molecular weight excluding hydrogens is 409 g/mol. The smallest absolute Gasteiger partial charge is 0.267 e. The van der Waals surface area contributed by atoms with Crippen molar-refractivity contribution in [2.75, 3.05) is 0 Å². The zero-order valence-electron chi connectivity index (χ0n) is 16.1. The Morgan fingerprint density at radius 3 is 2.69 bits per heavy atom. The minimum atomic E-state index is -0.451. The van der Waals surface area contributed by atoms with Crippen LogP contribution in [0.3, 0.4) is 0 Å². The Morgan fingerprint density at radius 2 is 1.97 bits per heavy atom. The van der Waals surface area contributed by atoms with E-state index >= 15 is 0 Å². The zero-order valence-corrected chi connectivity index (χ0v) is 17.6. The van der Waals surface area contributed by atoms with Gasteiger partial charge in [-0.3, -0.25) is 9.69 Å². The van der Waals surface area contributed by atoms with Crippen LogP contribution in [0, 0.1) is 12.7 Å². The van der Waals surface area contributed by atoms with E-state index in [2.05, 4.69) is 9.98 Å². The van der Waals surface area contributed by atoms with Crippen LogP contribution in [0.1, 0.15) is 43.4 Å². The van der Waals surface area contributed by atoms with E-state index in [1.54, 1.807) is 17.0 Å². The number of carbonyl (C=O) groups is 1. The number of aryl methyl sites for hydroxylation is 1. The van der Waals surface area contributed by atoms with Crippen LogP contribution in [0.5, 0.6) is 0 Å². The van der Waals surface area contributed by atoms with Gasteiger partial charge in [-0.1, -0.05) is 43.0 Å². The summed E-state index contributed by atoms with van der Waals surface area (Å²) in [4.78, 5) is 24.6. The standard InChI is InChI=1S/C22H21ClFN3OS/c1-14-7-5-12-20(25-14)26-22-27(15-8-3-2-4-9-15)21(28)19(29-22)13-16-17(23)10-6-11-18(16)24/h5-7,10-13,15H,2-4,8-9H2,1H3/b19-13-,26-22+. The van der Waals surface area contributed by atoms with Crippen LogP contribution in [0.4, 0.5) is 10.2 Å². The average Bonchev–Trinajstić information content (AvgIpc) is 3.00. The van der Waals surface area contributed by atoms with E-state index in [1.807, 2.05) is 25.1 Å². The highest BCUT2D eigenvalue weighted by molar-refractivity contribution is 8.18. The lowest BCUT2D eigenvalue weighted by atomic mass is 9.94. The maximum Gasteiger partial charge on any atom is 0.267 e. The van der Waals surface area contributed by atoms with Crippen molar-refractivity contribution < 1.29 is 9.18 Å². The van der Waals surface area contributed by atoms with E-state index in [9.17, 15) is 9.18 Å². The SMILES string of the molecule is Cc1cccc(/N=C2/S/C(=C\c3c(F)cccc3Cl)C(=O)N2C2CCCCC2)n1. The van der Waals surface area contributed by atoms with Crippen LogP contribution in [-0.4, -0.2) is 27.0 Å². The lowest BCUT2D eigenvalue weighted by Gasteiger charge is -2.30. The Morgan fingerprint density at radius 1 is 1.21 bits per heavy atom. The number of pyridine rings is 1. The molecule has 150 valence electrons. The Balaban J connectivity index is 1.74. The van der Waals surface area contributed by atoms with Crippen molar-refractivity contribution in [3.05, 3.63) is 63.4 Å². The molecular formula is C22H21ClFN3OS. The summed E-state index contributed by atoms with van der Waals surface area (Å²) in [6.45, 7) is 1.90. The Bertz CT molecular complexity index is 981. The van der Waals surface area contributed by atoms with Gasteiger partial charge in [-0.15, -0.1) is 0 Å². The number of thioether (sulfide) groups is 1. The van der Waals surface area contributed by atoms with E-state index < -0.39 is 5.82 Å². The topological polar surface area (TPSA) is 45.6 Å². The van der Waals surface area contributed by atoms with E-state index in [0.717, 1.165) is 31.4 Å². The highest BCUT2D eigenvalue weighted by Crippen LogP contribution is 2.39. The Labute approximate surface area is 178 Å². The molecule has 0 unspecified atom stereocenters. The third-order valence-corrected chi connectivity index (χ3v) is 6.45. The van der Waals surface area contributed by atoms with E-state index in [1.165, 1.54) is 30.3 Å². The maximum absolute atomic E-state index is 14.3. The molecule has 0 radical (unpaired) electrons. The number of nitrogens with zero attached hydrogens (tertiary/aromatic N) is 3. The molecule has 0 bridgehead atoms. The minimum absolute atomic E-state index is 0.106. The molecule has 1 aliphatic carbocycles. The summed E-state index contributed by atoms with van der Waals surface area (Å²) in [5.74, 6) is -0.0349. The third-order valence-electron chi connectivity index (χ3n) is 5.14. The van der Waals surface area contributed by atoms with Gasteiger partial charge in [-0.25, -0.2) is 14.4 Å². The van der Waals surface area contributed by atoms with Crippen molar-refractivity contribution in [3.63, 3.8) is 0 Å². The van der Waals surface area contributed by atoms with Gasteiger partial charge in [0.05, 0.1) is 9.93 Å². The molecule has 1 aliphatic heterocycles.